The van der Waals surface area contributed by atoms with Gasteiger partial charge in [-0.1, -0.05) is 42.8 Å². The standard InChI is InChI=1S/C30H31ClN2O6/c1-4-22(34)17-33-26(23-9-6-10-28(37-2)30(23)38-3)16-25(32-33)24-14-19(15-29(35)36)11-12-27(24)39-18-20-7-5-8-21(31)13-20/h5-14,16,22,34H,4,15,17-18H2,1-3H3,(H,35,36)/t22-/m0/s1. The first kappa shape index (κ1) is 28.0. The molecule has 1 atom stereocenters. The molecule has 0 saturated heterocycles. The van der Waals surface area contributed by atoms with Crippen molar-refractivity contribution in [3.05, 3.63) is 82.9 Å². The number of hydrogen-bond acceptors (Lipinski definition) is 6. The monoisotopic (exact) mass is 550 g/mol. The Morgan fingerprint density at radius 2 is 1.77 bits per heavy atom. The Kier molecular flexibility index (Phi) is 9.11. The zero-order valence-electron chi connectivity index (χ0n) is 22.1. The number of carbonyl (C=O) groups is 1. The summed E-state index contributed by atoms with van der Waals surface area (Å²) in [4.78, 5) is 11.5. The maximum Gasteiger partial charge on any atom is 0.307 e. The van der Waals surface area contributed by atoms with Crippen LogP contribution < -0.4 is 14.2 Å². The molecule has 0 saturated carbocycles. The molecule has 0 amide bonds. The van der Waals surface area contributed by atoms with E-state index in [0.717, 1.165) is 11.1 Å². The topological polar surface area (TPSA) is 103 Å². The molecule has 0 aliphatic carbocycles. The first-order valence-electron chi connectivity index (χ1n) is 12.5. The van der Waals surface area contributed by atoms with E-state index in [4.69, 9.17) is 30.9 Å². The van der Waals surface area contributed by atoms with Crippen molar-refractivity contribution in [3.63, 3.8) is 0 Å². The number of hydrogen-bond donors (Lipinski definition) is 2. The lowest BCUT2D eigenvalue weighted by Crippen LogP contribution is -2.16. The second-order valence-corrected chi connectivity index (χ2v) is 9.46. The largest absolute Gasteiger partial charge is 0.493 e. The summed E-state index contributed by atoms with van der Waals surface area (Å²) < 4.78 is 19.1. The Morgan fingerprint density at radius 3 is 2.46 bits per heavy atom. The molecular formula is C30H31ClN2O6. The summed E-state index contributed by atoms with van der Waals surface area (Å²) in [7, 11) is 3.14. The molecule has 0 radical (unpaired) electrons. The second-order valence-electron chi connectivity index (χ2n) is 9.02. The van der Waals surface area contributed by atoms with E-state index in [1.807, 2.05) is 49.4 Å². The second kappa shape index (κ2) is 12.7. The molecule has 0 bridgehead atoms. The number of nitrogens with zero attached hydrogens (tertiary/aromatic N) is 2. The highest BCUT2D eigenvalue weighted by Crippen LogP contribution is 2.40. The normalized spacial score (nSPS) is 11.7. The molecule has 0 spiro atoms. The Labute approximate surface area is 232 Å². The number of rotatable bonds is 12. The third-order valence-corrected chi connectivity index (χ3v) is 6.51. The van der Waals surface area contributed by atoms with Crippen molar-refractivity contribution in [2.45, 2.75) is 39.0 Å². The van der Waals surface area contributed by atoms with Crippen LogP contribution in [0.3, 0.4) is 0 Å². The highest BCUT2D eigenvalue weighted by molar-refractivity contribution is 6.30. The van der Waals surface area contributed by atoms with E-state index < -0.39 is 12.1 Å². The molecule has 8 nitrogen and oxygen atoms in total. The van der Waals surface area contributed by atoms with Crippen molar-refractivity contribution in [2.24, 2.45) is 0 Å². The van der Waals surface area contributed by atoms with Crippen LogP contribution in [-0.4, -0.2) is 46.3 Å². The van der Waals surface area contributed by atoms with Crippen LogP contribution >= 0.6 is 11.6 Å². The van der Waals surface area contributed by atoms with Crippen LogP contribution in [0.1, 0.15) is 24.5 Å². The molecule has 204 valence electrons. The highest BCUT2D eigenvalue weighted by Gasteiger charge is 2.21. The SMILES string of the molecule is CC[C@H](O)Cn1nc(-c2cc(CC(=O)O)ccc2OCc2cccc(Cl)c2)cc1-c1cccc(OC)c1OC. The number of benzene rings is 3. The molecule has 1 heterocycles. The van der Waals surface area contributed by atoms with Crippen molar-refractivity contribution in [3.8, 4) is 39.8 Å². The molecule has 4 rings (SSSR count). The number of aromatic nitrogens is 2. The van der Waals surface area contributed by atoms with Gasteiger partial charge in [-0.15, -0.1) is 0 Å². The molecule has 2 N–H and O–H groups in total. The van der Waals surface area contributed by atoms with Crippen molar-refractivity contribution < 1.29 is 29.2 Å². The van der Waals surface area contributed by atoms with Gasteiger partial charge in [0.05, 0.1) is 44.7 Å². The predicted octanol–water partition coefficient (Wildman–Crippen LogP) is 5.86. The number of aliphatic hydroxyl groups is 1. The van der Waals surface area contributed by atoms with E-state index >= 15 is 0 Å². The summed E-state index contributed by atoms with van der Waals surface area (Å²) in [5, 5.41) is 25.3. The quantitative estimate of drug-likeness (QED) is 0.227. The summed E-state index contributed by atoms with van der Waals surface area (Å²) in [6, 6.07) is 20.1. The molecule has 0 aliphatic rings. The van der Waals surface area contributed by atoms with Gasteiger partial charge in [0.2, 0.25) is 0 Å². The van der Waals surface area contributed by atoms with Crippen LogP contribution in [0.4, 0.5) is 0 Å². The van der Waals surface area contributed by atoms with Crippen molar-refractivity contribution in [1.82, 2.24) is 9.78 Å². The molecule has 1 aromatic heterocycles. The van der Waals surface area contributed by atoms with Crippen LogP contribution in [0.5, 0.6) is 17.2 Å². The molecule has 0 aliphatic heterocycles. The van der Waals surface area contributed by atoms with Gasteiger partial charge < -0.3 is 24.4 Å². The first-order valence-corrected chi connectivity index (χ1v) is 12.9. The van der Waals surface area contributed by atoms with E-state index in [-0.39, 0.29) is 19.6 Å². The van der Waals surface area contributed by atoms with Gasteiger partial charge in [0.1, 0.15) is 12.4 Å². The number of carboxylic acid groups (broad SMARTS) is 1. The summed E-state index contributed by atoms with van der Waals surface area (Å²) in [5.41, 5.74) is 4.13. The summed E-state index contributed by atoms with van der Waals surface area (Å²) in [5.74, 6) is 0.700. The van der Waals surface area contributed by atoms with Crippen LogP contribution in [0.25, 0.3) is 22.5 Å². The highest BCUT2D eigenvalue weighted by atomic mass is 35.5. The Bertz CT molecular complexity index is 1450. The lowest BCUT2D eigenvalue weighted by molar-refractivity contribution is -0.136. The van der Waals surface area contributed by atoms with E-state index in [9.17, 15) is 15.0 Å². The number of aliphatic carboxylic acids is 1. The average molecular weight is 551 g/mol. The molecule has 4 aromatic rings. The first-order chi connectivity index (χ1) is 18.8. The molecular weight excluding hydrogens is 520 g/mol. The number of para-hydroxylation sites is 1. The number of aliphatic hydroxyl groups excluding tert-OH is 1. The minimum atomic E-state index is -0.938. The van der Waals surface area contributed by atoms with Gasteiger partial charge in [-0.05, 0) is 60.0 Å². The third kappa shape index (κ3) is 6.71. The Balaban J connectivity index is 1.83. The maximum absolute atomic E-state index is 11.5. The van der Waals surface area contributed by atoms with Gasteiger partial charge in [-0.2, -0.15) is 5.10 Å². The number of methoxy groups -OCH3 is 2. The van der Waals surface area contributed by atoms with E-state index in [1.54, 1.807) is 43.2 Å². The van der Waals surface area contributed by atoms with Gasteiger partial charge in [-0.3, -0.25) is 9.48 Å². The maximum atomic E-state index is 11.5. The molecule has 0 fully saturated rings. The van der Waals surface area contributed by atoms with Crippen molar-refractivity contribution in [2.75, 3.05) is 14.2 Å². The van der Waals surface area contributed by atoms with Crippen molar-refractivity contribution >= 4 is 17.6 Å². The van der Waals surface area contributed by atoms with Gasteiger partial charge in [0, 0.05) is 16.1 Å². The lowest BCUT2D eigenvalue weighted by Gasteiger charge is -2.15. The van der Waals surface area contributed by atoms with E-state index in [2.05, 4.69) is 0 Å². The summed E-state index contributed by atoms with van der Waals surface area (Å²) in [6.07, 6.45) is -0.218. The van der Waals surface area contributed by atoms with Gasteiger partial charge in [-0.25, -0.2) is 0 Å². The smallest absolute Gasteiger partial charge is 0.307 e. The van der Waals surface area contributed by atoms with Crippen LogP contribution in [0.15, 0.2) is 66.7 Å². The molecule has 3 aromatic carbocycles. The summed E-state index contributed by atoms with van der Waals surface area (Å²) in [6.45, 7) is 2.41. The minimum Gasteiger partial charge on any atom is -0.493 e. The van der Waals surface area contributed by atoms with Crippen LogP contribution in [0.2, 0.25) is 5.02 Å². The van der Waals surface area contributed by atoms with Gasteiger partial charge in [0.15, 0.2) is 11.5 Å². The fraction of sp³-hybridized carbons (Fsp3) is 0.267. The van der Waals surface area contributed by atoms with E-state index in [0.29, 0.717) is 51.2 Å². The number of ether oxygens (including phenoxy) is 3. The number of carboxylic acids is 1. The zero-order valence-corrected chi connectivity index (χ0v) is 22.8. The predicted molar refractivity (Wildman–Crippen MR) is 150 cm³/mol. The Morgan fingerprint density at radius 1 is 0.974 bits per heavy atom. The van der Waals surface area contributed by atoms with Crippen molar-refractivity contribution in [1.29, 1.82) is 0 Å². The van der Waals surface area contributed by atoms with Crippen LogP contribution in [-0.2, 0) is 24.4 Å². The van der Waals surface area contributed by atoms with Gasteiger partial charge >= 0.3 is 5.97 Å². The fourth-order valence-electron chi connectivity index (χ4n) is 4.30. The zero-order chi connectivity index (χ0) is 27.9. The fourth-order valence-corrected chi connectivity index (χ4v) is 4.51. The molecule has 39 heavy (non-hydrogen) atoms. The number of halogens is 1. The average Bonchev–Trinajstić information content (AvgIpc) is 3.34. The Hall–Kier alpha value is -4.01. The molecule has 0 unspecified atom stereocenters. The minimum absolute atomic E-state index is 0.145. The van der Waals surface area contributed by atoms with Gasteiger partial charge in [0.25, 0.3) is 0 Å². The third-order valence-electron chi connectivity index (χ3n) is 6.27. The lowest BCUT2D eigenvalue weighted by atomic mass is 10.0. The van der Waals surface area contributed by atoms with E-state index in [1.165, 1.54) is 0 Å². The molecule has 9 heteroatoms. The summed E-state index contributed by atoms with van der Waals surface area (Å²) >= 11 is 6.14. The van der Waals surface area contributed by atoms with Crippen LogP contribution in [0, 0.1) is 0 Å².